The second-order valence-electron chi connectivity index (χ2n) is 5.88. The minimum atomic E-state index is -1.75. The Morgan fingerprint density at radius 1 is 0.600 bits per heavy atom. The Hall–Kier alpha value is -2.16. The molecular formula is C18H22O7. The highest BCUT2D eigenvalue weighted by atomic mass is 16.4. The van der Waals surface area contributed by atoms with Gasteiger partial charge in [-0.3, -0.25) is 0 Å². The molecule has 0 heterocycles. The Labute approximate surface area is 144 Å². The lowest BCUT2D eigenvalue weighted by Crippen LogP contribution is -2.48. The van der Waals surface area contributed by atoms with E-state index in [1.807, 2.05) is 0 Å². The van der Waals surface area contributed by atoms with Gasteiger partial charge in [-0.15, -0.1) is 0 Å². The number of phenols is 2. The Balaban J connectivity index is 2.40. The second kappa shape index (κ2) is 8.28. The topological polar surface area (TPSA) is 142 Å². The van der Waals surface area contributed by atoms with Gasteiger partial charge >= 0.3 is 0 Å². The Bertz CT molecular complexity index is 611. The van der Waals surface area contributed by atoms with Gasteiger partial charge in [-0.25, -0.2) is 0 Å². The van der Waals surface area contributed by atoms with Crippen molar-refractivity contribution < 1.29 is 35.7 Å². The van der Waals surface area contributed by atoms with Gasteiger partial charge in [0.05, 0.1) is 12.7 Å². The molecule has 0 radical (unpaired) electrons. The van der Waals surface area contributed by atoms with E-state index in [1.54, 1.807) is 24.3 Å². The fourth-order valence-electron chi connectivity index (χ4n) is 2.68. The highest BCUT2D eigenvalue weighted by Gasteiger charge is 2.36. The van der Waals surface area contributed by atoms with Gasteiger partial charge in [-0.2, -0.15) is 0 Å². The third kappa shape index (κ3) is 4.47. The molecular weight excluding hydrogens is 328 g/mol. The summed E-state index contributed by atoms with van der Waals surface area (Å²) < 4.78 is 0. The van der Waals surface area contributed by atoms with Crippen molar-refractivity contribution in [2.45, 2.75) is 30.3 Å². The first-order valence-electron chi connectivity index (χ1n) is 7.76. The molecule has 0 unspecified atom stereocenters. The third-order valence-electron chi connectivity index (χ3n) is 4.13. The Morgan fingerprint density at radius 3 is 1.36 bits per heavy atom. The minimum absolute atomic E-state index is 0.0268. The summed E-state index contributed by atoms with van der Waals surface area (Å²) >= 11 is 0. The van der Waals surface area contributed by atoms with Crippen LogP contribution in [0, 0.1) is 0 Å². The fourth-order valence-corrected chi connectivity index (χ4v) is 2.68. The molecule has 2 rings (SSSR count). The smallest absolute Gasteiger partial charge is 0.115 e. The Morgan fingerprint density at radius 2 is 1.00 bits per heavy atom. The monoisotopic (exact) mass is 350 g/mol. The molecule has 7 heteroatoms. The lowest BCUT2D eigenvalue weighted by molar-refractivity contribution is -0.117. The van der Waals surface area contributed by atoms with Crippen LogP contribution in [0.2, 0.25) is 0 Å². The first kappa shape index (κ1) is 19.2. The van der Waals surface area contributed by atoms with Gasteiger partial charge in [0, 0.05) is 5.92 Å². The molecule has 2 aromatic carbocycles. The van der Waals surface area contributed by atoms with Crippen LogP contribution in [-0.4, -0.2) is 66.8 Å². The van der Waals surface area contributed by atoms with E-state index in [0.717, 1.165) is 0 Å². The van der Waals surface area contributed by atoms with Crippen molar-refractivity contribution in [1.82, 2.24) is 0 Å². The van der Waals surface area contributed by atoms with Gasteiger partial charge in [0.15, 0.2) is 0 Å². The quantitative estimate of drug-likeness (QED) is 0.362. The van der Waals surface area contributed by atoms with E-state index < -0.39 is 36.9 Å². The number of benzene rings is 2. The predicted molar refractivity (Wildman–Crippen MR) is 89.2 cm³/mol. The first-order valence-corrected chi connectivity index (χ1v) is 7.76. The lowest BCUT2D eigenvalue weighted by Gasteiger charge is -2.31. The molecule has 0 aliphatic heterocycles. The number of aliphatic hydroxyl groups excluding tert-OH is 5. The van der Waals surface area contributed by atoms with Gasteiger partial charge in [0.1, 0.15) is 29.8 Å². The molecule has 0 amide bonds. The van der Waals surface area contributed by atoms with Gasteiger partial charge in [-0.1, -0.05) is 24.3 Å². The highest BCUT2D eigenvalue weighted by molar-refractivity contribution is 5.39. The molecule has 0 fully saturated rings. The van der Waals surface area contributed by atoms with Gasteiger partial charge in [0.2, 0.25) is 0 Å². The van der Waals surface area contributed by atoms with Crippen LogP contribution in [-0.2, 0) is 0 Å². The van der Waals surface area contributed by atoms with E-state index >= 15 is 0 Å². The van der Waals surface area contributed by atoms with Crippen LogP contribution < -0.4 is 0 Å². The summed E-state index contributed by atoms with van der Waals surface area (Å²) in [6.45, 7) is -0.770. The number of aliphatic hydroxyl groups is 5. The molecule has 2 aromatic rings. The van der Waals surface area contributed by atoms with Crippen LogP contribution in [0.5, 0.6) is 11.5 Å². The normalized spacial score (nSPS) is 16.4. The number of aromatic hydroxyl groups is 2. The Kier molecular flexibility index (Phi) is 6.35. The second-order valence-corrected chi connectivity index (χ2v) is 5.88. The van der Waals surface area contributed by atoms with Crippen molar-refractivity contribution in [2.24, 2.45) is 0 Å². The molecule has 0 saturated carbocycles. The average molecular weight is 350 g/mol. The van der Waals surface area contributed by atoms with E-state index in [2.05, 4.69) is 0 Å². The maximum atomic E-state index is 10.6. The summed E-state index contributed by atoms with van der Waals surface area (Å²) in [7, 11) is 0. The standard InChI is InChI=1S/C18H22O7/c19-9-14(22)16(23)18(25)17(24)15(10-1-5-12(20)6-2-10)11-3-7-13(21)8-4-11/h1-8,14-25H,9H2/t14-,16-,17-,18+/m1/s1. The van der Waals surface area contributed by atoms with Crippen molar-refractivity contribution in [3.63, 3.8) is 0 Å². The van der Waals surface area contributed by atoms with Crippen LogP contribution in [0.4, 0.5) is 0 Å². The lowest BCUT2D eigenvalue weighted by atomic mass is 9.82. The summed E-state index contributed by atoms with van der Waals surface area (Å²) in [5, 5.41) is 68.0. The molecule has 0 aliphatic rings. The molecule has 0 saturated heterocycles. The molecule has 0 aliphatic carbocycles. The molecule has 0 bridgehead atoms. The van der Waals surface area contributed by atoms with E-state index in [0.29, 0.717) is 11.1 Å². The maximum absolute atomic E-state index is 10.6. The van der Waals surface area contributed by atoms with Crippen LogP contribution >= 0.6 is 0 Å². The molecule has 0 aromatic heterocycles. The zero-order valence-electron chi connectivity index (χ0n) is 13.3. The van der Waals surface area contributed by atoms with Crippen LogP contribution in [0.25, 0.3) is 0 Å². The average Bonchev–Trinajstić information content (AvgIpc) is 2.63. The van der Waals surface area contributed by atoms with Crippen LogP contribution in [0.1, 0.15) is 17.0 Å². The zero-order chi connectivity index (χ0) is 18.6. The van der Waals surface area contributed by atoms with Crippen molar-refractivity contribution in [2.75, 3.05) is 6.61 Å². The molecule has 7 nitrogen and oxygen atoms in total. The van der Waals surface area contributed by atoms with Crippen molar-refractivity contribution in [3.8, 4) is 11.5 Å². The molecule has 136 valence electrons. The summed E-state index contributed by atoms with van der Waals surface area (Å²) in [5.41, 5.74) is 1.08. The summed E-state index contributed by atoms with van der Waals surface area (Å²) in [6, 6.07) is 11.9. The number of rotatable bonds is 7. The van der Waals surface area contributed by atoms with Gasteiger partial charge < -0.3 is 35.7 Å². The summed E-state index contributed by atoms with van der Waals surface area (Å²) in [4.78, 5) is 0. The minimum Gasteiger partial charge on any atom is -0.508 e. The SMILES string of the molecule is OC[C@@H](O)[C@@H](O)[C@H](O)[C@H](O)C(c1ccc(O)cc1)c1ccc(O)cc1. The van der Waals surface area contributed by atoms with E-state index in [4.69, 9.17) is 5.11 Å². The van der Waals surface area contributed by atoms with Crippen molar-refractivity contribution in [1.29, 1.82) is 0 Å². The van der Waals surface area contributed by atoms with Gasteiger partial charge in [0.25, 0.3) is 0 Å². The number of hydrogen-bond donors (Lipinski definition) is 7. The molecule has 0 spiro atoms. The summed E-state index contributed by atoms with van der Waals surface area (Å²) in [6.07, 6.45) is -6.62. The van der Waals surface area contributed by atoms with E-state index in [9.17, 15) is 30.6 Å². The molecule has 4 atom stereocenters. The van der Waals surface area contributed by atoms with Crippen molar-refractivity contribution >= 4 is 0 Å². The van der Waals surface area contributed by atoms with E-state index in [-0.39, 0.29) is 11.5 Å². The summed E-state index contributed by atoms with van der Waals surface area (Å²) in [5.74, 6) is -0.755. The third-order valence-corrected chi connectivity index (χ3v) is 4.13. The first-order chi connectivity index (χ1) is 11.8. The van der Waals surface area contributed by atoms with E-state index in [1.165, 1.54) is 24.3 Å². The molecule has 7 N–H and O–H groups in total. The van der Waals surface area contributed by atoms with Crippen molar-refractivity contribution in [3.05, 3.63) is 59.7 Å². The maximum Gasteiger partial charge on any atom is 0.115 e. The zero-order valence-corrected chi connectivity index (χ0v) is 13.3. The number of phenolic OH excluding ortho intramolecular Hbond substituents is 2. The number of hydrogen-bond acceptors (Lipinski definition) is 7. The fraction of sp³-hybridized carbons (Fsp3) is 0.333. The highest BCUT2D eigenvalue weighted by Crippen LogP contribution is 2.32. The largest absolute Gasteiger partial charge is 0.508 e. The van der Waals surface area contributed by atoms with Gasteiger partial charge in [-0.05, 0) is 35.4 Å². The van der Waals surface area contributed by atoms with Crippen LogP contribution in [0.15, 0.2) is 48.5 Å². The van der Waals surface area contributed by atoms with Crippen LogP contribution in [0.3, 0.4) is 0 Å². The predicted octanol–water partition coefficient (Wildman–Crippen LogP) is -0.334. The molecule has 25 heavy (non-hydrogen) atoms.